The lowest BCUT2D eigenvalue weighted by molar-refractivity contribution is -0.200. The molecule has 62 heavy (non-hydrogen) atoms. The number of amides is 2. The average molecular weight is 875 g/mol. The molecule has 0 aliphatic carbocycles. The quantitative estimate of drug-likeness (QED) is 0.0755. The molecule has 0 aromatic heterocycles. The molecule has 0 saturated carbocycles. The predicted molar refractivity (Wildman–Crippen MR) is 245 cm³/mol. The van der Waals surface area contributed by atoms with E-state index >= 15 is 0 Å². The summed E-state index contributed by atoms with van der Waals surface area (Å²) in [6.07, 6.45) is 15.2. The Labute approximate surface area is 376 Å². The van der Waals surface area contributed by atoms with E-state index in [-0.39, 0.29) is 61.9 Å². The first-order valence-corrected chi connectivity index (χ1v) is 24.8. The summed E-state index contributed by atoms with van der Waals surface area (Å²) in [4.78, 5) is 58.5. The van der Waals surface area contributed by atoms with Gasteiger partial charge < -0.3 is 29.6 Å². The number of esters is 2. The van der Waals surface area contributed by atoms with E-state index in [0.717, 1.165) is 77.0 Å². The molecular formula is C50H90N4O8. The summed E-state index contributed by atoms with van der Waals surface area (Å²) in [5.74, 6) is -0.543. The number of hydrogen-bond donors (Lipinski definition) is 2. The van der Waals surface area contributed by atoms with Crippen molar-refractivity contribution in [1.29, 1.82) is 0 Å². The Morgan fingerprint density at radius 3 is 1.06 bits per heavy atom. The molecule has 0 bridgehead atoms. The maximum Gasteiger partial charge on any atom is 0.305 e. The standard InChI is InChI=1S/C50H90N4O8/c1-15-19-27-49(28-20-16-2)51-41(57)47(61-49)33-43(7,8)53(44(9,10)34-47)37(5)31-59-39(55)25-23-24-26-40(56)60-32-38(6)54-45(11,12)35-48(36-46(54,13)14)42(58)52-50(62-48,29-21-17-3)30-22-18-4/h37-38H,15-36H2,1-14H3,(H,51,57)(H,52,58). The van der Waals surface area contributed by atoms with Gasteiger partial charge >= 0.3 is 11.9 Å². The first-order chi connectivity index (χ1) is 28.8. The van der Waals surface area contributed by atoms with Crippen molar-refractivity contribution in [3.63, 3.8) is 0 Å². The lowest BCUT2D eigenvalue weighted by Crippen LogP contribution is -2.70. The zero-order chi connectivity index (χ0) is 46.4. The van der Waals surface area contributed by atoms with Crippen LogP contribution < -0.4 is 10.6 Å². The molecule has 4 rings (SSSR count). The van der Waals surface area contributed by atoms with Crippen LogP contribution >= 0.6 is 0 Å². The number of ether oxygens (including phenoxy) is 4. The smallest absolute Gasteiger partial charge is 0.305 e. The Bertz CT molecular complexity index is 1380. The monoisotopic (exact) mass is 875 g/mol. The molecule has 0 aromatic carbocycles. The molecule has 2 unspecified atom stereocenters. The summed E-state index contributed by atoms with van der Waals surface area (Å²) in [5, 5.41) is 6.69. The number of piperidine rings is 2. The minimum atomic E-state index is -0.898. The van der Waals surface area contributed by atoms with Gasteiger partial charge in [-0.2, -0.15) is 0 Å². The van der Waals surface area contributed by atoms with E-state index in [1.54, 1.807) is 0 Å². The second-order valence-electron chi connectivity index (χ2n) is 22.5. The van der Waals surface area contributed by atoms with Crippen LogP contribution in [0.15, 0.2) is 0 Å². The Kier molecular flexibility index (Phi) is 17.3. The van der Waals surface area contributed by atoms with Crippen molar-refractivity contribution in [2.24, 2.45) is 0 Å². The molecule has 2 N–H and O–H groups in total. The molecule has 4 aliphatic rings. The third-order valence-electron chi connectivity index (χ3n) is 14.4. The normalized spacial score (nSPS) is 25.0. The number of unbranched alkanes of at least 4 members (excludes halogenated alkanes) is 5. The number of likely N-dealkylation sites (tertiary alicyclic amines) is 2. The van der Waals surface area contributed by atoms with Gasteiger partial charge in [-0.1, -0.05) is 53.4 Å². The lowest BCUT2D eigenvalue weighted by Gasteiger charge is -2.59. The SMILES string of the molecule is CCCCC1(CCCC)NC(=O)C2(CC(C)(C)N(C(C)COC(=O)CCCCC(=O)OCC(C)N3C(C)(C)CC4(CC3(C)C)OC(CCCC)(CCCC)NC4=O)C(C)(C)C2)O1. The van der Waals surface area contributed by atoms with Crippen LogP contribution in [-0.2, 0) is 38.1 Å². The summed E-state index contributed by atoms with van der Waals surface area (Å²) in [6.45, 7) is 30.7. The highest BCUT2D eigenvalue weighted by atomic mass is 16.6. The van der Waals surface area contributed by atoms with Gasteiger partial charge in [-0.15, -0.1) is 0 Å². The summed E-state index contributed by atoms with van der Waals surface area (Å²) >= 11 is 0. The number of carbonyl (C=O) groups is 4. The van der Waals surface area contributed by atoms with Crippen molar-refractivity contribution < 1.29 is 38.1 Å². The summed E-state index contributed by atoms with van der Waals surface area (Å²) in [7, 11) is 0. The highest BCUT2D eigenvalue weighted by Crippen LogP contribution is 2.53. The van der Waals surface area contributed by atoms with Gasteiger partial charge in [-0.25, -0.2) is 0 Å². The fourth-order valence-electron chi connectivity index (χ4n) is 13.1. The Balaban J connectivity index is 1.23. The van der Waals surface area contributed by atoms with E-state index in [1.165, 1.54) is 0 Å². The molecule has 4 heterocycles. The van der Waals surface area contributed by atoms with Gasteiger partial charge in [0.05, 0.1) is 0 Å². The predicted octanol–water partition coefficient (Wildman–Crippen LogP) is 9.64. The van der Waals surface area contributed by atoms with Crippen molar-refractivity contribution in [1.82, 2.24) is 20.4 Å². The average Bonchev–Trinajstić information content (AvgIpc) is 3.56. The highest BCUT2D eigenvalue weighted by molar-refractivity contribution is 5.89. The molecule has 12 nitrogen and oxygen atoms in total. The number of hydrogen-bond acceptors (Lipinski definition) is 10. The number of carbonyl (C=O) groups excluding carboxylic acids is 4. The number of rotatable bonds is 23. The van der Waals surface area contributed by atoms with E-state index in [2.05, 4.69) is 117 Å². The Morgan fingerprint density at radius 1 is 0.532 bits per heavy atom. The molecule has 0 aromatic rings. The Hall–Kier alpha value is -2.28. The molecule has 0 radical (unpaired) electrons. The topological polar surface area (TPSA) is 136 Å². The van der Waals surface area contributed by atoms with E-state index in [4.69, 9.17) is 18.9 Å². The summed E-state index contributed by atoms with van der Waals surface area (Å²) in [6, 6.07) is -0.165. The van der Waals surface area contributed by atoms with Gasteiger partial charge in [0.1, 0.15) is 24.7 Å². The fraction of sp³-hybridized carbons (Fsp3) is 0.920. The molecule has 2 amide bonds. The van der Waals surface area contributed by atoms with E-state index in [1.807, 2.05) is 0 Å². The molecule has 4 aliphatic heterocycles. The van der Waals surface area contributed by atoms with Gasteiger partial charge in [-0.05, 0) is 133 Å². The van der Waals surface area contributed by atoms with Crippen LogP contribution in [0.5, 0.6) is 0 Å². The lowest BCUT2D eigenvalue weighted by atomic mass is 9.70. The van der Waals surface area contributed by atoms with Crippen LogP contribution in [0.2, 0.25) is 0 Å². The molecule has 4 saturated heterocycles. The van der Waals surface area contributed by atoms with Crippen LogP contribution in [0.3, 0.4) is 0 Å². The molecule has 12 heteroatoms. The van der Waals surface area contributed by atoms with Crippen LogP contribution in [0.4, 0.5) is 0 Å². The molecule has 2 spiro atoms. The number of nitrogens with one attached hydrogen (secondary N) is 2. The van der Waals surface area contributed by atoms with Gasteiger partial charge in [-0.3, -0.25) is 29.0 Å². The zero-order valence-electron chi connectivity index (χ0n) is 41.9. The van der Waals surface area contributed by atoms with Crippen molar-refractivity contribution in [2.75, 3.05) is 13.2 Å². The van der Waals surface area contributed by atoms with Crippen LogP contribution in [0, 0.1) is 0 Å². The van der Waals surface area contributed by atoms with Crippen LogP contribution in [-0.4, -0.2) is 104 Å². The molecular weight excluding hydrogens is 785 g/mol. The molecule has 4 fully saturated rings. The van der Waals surface area contributed by atoms with Crippen LogP contribution in [0.1, 0.15) is 225 Å². The van der Waals surface area contributed by atoms with E-state index < -0.39 is 44.8 Å². The van der Waals surface area contributed by atoms with Crippen molar-refractivity contribution in [3.8, 4) is 0 Å². The van der Waals surface area contributed by atoms with Crippen molar-refractivity contribution in [3.05, 3.63) is 0 Å². The van der Waals surface area contributed by atoms with Gasteiger partial charge in [0.15, 0.2) is 11.2 Å². The van der Waals surface area contributed by atoms with Crippen molar-refractivity contribution in [2.45, 2.75) is 282 Å². The number of nitrogens with zero attached hydrogens (tertiary/aromatic N) is 2. The van der Waals surface area contributed by atoms with Gasteiger partial charge in [0, 0.05) is 72.8 Å². The third-order valence-corrected chi connectivity index (χ3v) is 14.4. The van der Waals surface area contributed by atoms with E-state index in [0.29, 0.717) is 38.5 Å². The fourth-order valence-corrected chi connectivity index (χ4v) is 13.1. The van der Waals surface area contributed by atoms with Crippen molar-refractivity contribution >= 4 is 23.8 Å². The Morgan fingerprint density at radius 2 is 0.806 bits per heavy atom. The minimum Gasteiger partial charge on any atom is -0.464 e. The highest BCUT2D eigenvalue weighted by Gasteiger charge is 2.65. The maximum atomic E-state index is 13.8. The first kappa shape index (κ1) is 52.3. The van der Waals surface area contributed by atoms with Crippen LogP contribution in [0.25, 0.3) is 0 Å². The zero-order valence-corrected chi connectivity index (χ0v) is 41.9. The molecule has 2 atom stereocenters. The van der Waals surface area contributed by atoms with Gasteiger partial charge in [0.25, 0.3) is 11.8 Å². The van der Waals surface area contributed by atoms with Gasteiger partial charge in [0.2, 0.25) is 0 Å². The minimum absolute atomic E-state index is 0.00778. The maximum absolute atomic E-state index is 13.8. The molecule has 358 valence electrons. The first-order valence-electron chi connectivity index (χ1n) is 24.8. The largest absolute Gasteiger partial charge is 0.464 e. The summed E-state index contributed by atoms with van der Waals surface area (Å²) in [5.41, 5.74) is -4.60. The summed E-state index contributed by atoms with van der Waals surface area (Å²) < 4.78 is 25.6. The third kappa shape index (κ3) is 11.9. The second kappa shape index (κ2) is 20.5. The van der Waals surface area contributed by atoms with E-state index in [9.17, 15) is 19.2 Å². The second-order valence-corrected chi connectivity index (χ2v) is 22.5.